The summed E-state index contributed by atoms with van der Waals surface area (Å²) in [5.74, 6) is -1.01. The van der Waals surface area contributed by atoms with Crippen LogP contribution >= 0.6 is 0 Å². The maximum atomic E-state index is 12.7. The van der Waals surface area contributed by atoms with Gasteiger partial charge in [0, 0.05) is 18.8 Å². The van der Waals surface area contributed by atoms with Crippen molar-refractivity contribution in [2.75, 3.05) is 37.9 Å². The first-order valence-corrected chi connectivity index (χ1v) is 11.7. The maximum Gasteiger partial charge on any atom is 0.338 e. The van der Waals surface area contributed by atoms with Crippen LogP contribution in [0.25, 0.3) is 0 Å². The minimum Gasteiger partial charge on any atom is -0.494 e. The molecule has 1 unspecified atom stereocenters. The summed E-state index contributed by atoms with van der Waals surface area (Å²) in [5, 5.41) is 3.10. The summed E-state index contributed by atoms with van der Waals surface area (Å²) in [7, 11) is 0. The summed E-state index contributed by atoms with van der Waals surface area (Å²) < 4.78 is 15.7. The SMILES string of the molecule is CCOCCCNC1CC(=O)N(c2ccc(C(=O)OCC(=O)c3ccc(OCC)cc3)cc2)C1=O. The molecule has 2 aromatic carbocycles. The maximum absolute atomic E-state index is 12.7. The average molecular weight is 483 g/mol. The number of ketones is 1. The van der Waals surface area contributed by atoms with E-state index in [0.717, 1.165) is 11.3 Å². The molecule has 1 aliphatic rings. The molecule has 1 aliphatic heterocycles. The van der Waals surface area contributed by atoms with Crippen LogP contribution < -0.4 is 15.0 Å². The Kier molecular flexibility index (Phi) is 9.51. The number of amides is 2. The molecule has 0 bridgehead atoms. The number of esters is 1. The van der Waals surface area contributed by atoms with Gasteiger partial charge in [0.15, 0.2) is 12.4 Å². The summed E-state index contributed by atoms with van der Waals surface area (Å²) in [6.07, 6.45) is 0.814. The molecule has 9 heteroatoms. The van der Waals surface area contributed by atoms with Crippen molar-refractivity contribution < 1.29 is 33.4 Å². The average Bonchev–Trinajstić information content (AvgIpc) is 3.15. The molecule has 0 saturated carbocycles. The number of carbonyl (C=O) groups excluding carboxylic acids is 4. The van der Waals surface area contributed by atoms with Gasteiger partial charge in [0.05, 0.1) is 30.3 Å². The van der Waals surface area contributed by atoms with E-state index >= 15 is 0 Å². The number of Topliss-reactive ketones (excluding diaryl/α,β-unsaturated/α-hetero) is 1. The number of hydrogen-bond donors (Lipinski definition) is 1. The van der Waals surface area contributed by atoms with Crippen LogP contribution in [0, 0.1) is 0 Å². The molecule has 35 heavy (non-hydrogen) atoms. The van der Waals surface area contributed by atoms with E-state index in [4.69, 9.17) is 14.2 Å². The van der Waals surface area contributed by atoms with Crippen LogP contribution in [0.5, 0.6) is 5.75 Å². The van der Waals surface area contributed by atoms with Gasteiger partial charge in [-0.05, 0) is 75.3 Å². The Hall–Kier alpha value is -3.56. The van der Waals surface area contributed by atoms with E-state index in [1.165, 1.54) is 24.3 Å². The Bertz CT molecular complexity index is 1030. The second-order valence-electron chi connectivity index (χ2n) is 7.83. The zero-order valence-corrected chi connectivity index (χ0v) is 20.0. The summed E-state index contributed by atoms with van der Waals surface area (Å²) in [5.41, 5.74) is 0.988. The van der Waals surface area contributed by atoms with Crippen molar-refractivity contribution in [3.8, 4) is 5.75 Å². The summed E-state index contributed by atoms with van der Waals surface area (Å²) >= 11 is 0. The van der Waals surface area contributed by atoms with E-state index in [-0.39, 0.29) is 29.6 Å². The van der Waals surface area contributed by atoms with Gasteiger partial charge in [-0.1, -0.05) is 0 Å². The van der Waals surface area contributed by atoms with E-state index in [1.807, 2.05) is 13.8 Å². The van der Waals surface area contributed by atoms with E-state index < -0.39 is 18.6 Å². The lowest BCUT2D eigenvalue weighted by atomic mass is 10.1. The Morgan fingerprint density at radius 1 is 0.971 bits per heavy atom. The monoisotopic (exact) mass is 482 g/mol. The number of rotatable bonds is 13. The number of nitrogens with zero attached hydrogens (tertiary/aromatic N) is 1. The van der Waals surface area contributed by atoms with E-state index in [2.05, 4.69) is 5.32 Å². The van der Waals surface area contributed by atoms with Crippen molar-refractivity contribution in [2.45, 2.75) is 32.7 Å². The van der Waals surface area contributed by atoms with Crippen molar-refractivity contribution >= 4 is 29.3 Å². The molecule has 0 spiro atoms. The lowest BCUT2D eigenvalue weighted by Crippen LogP contribution is -2.39. The van der Waals surface area contributed by atoms with Crippen molar-refractivity contribution in [1.82, 2.24) is 5.32 Å². The number of anilines is 1. The minimum atomic E-state index is -0.677. The lowest BCUT2D eigenvalue weighted by molar-refractivity contribution is -0.121. The first-order valence-electron chi connectivity index (χ1n) is 11.7. The standard InChI is InChI=1S/C26H30N2O7/c1-3-33-15-5-14-27-22-16-24(30)28(25(22)31)20-10-6-19(7-11-20)26(32)35-17-23(29)18-8-12-21(13-9-18)34-4-2/h6-13,22,27H,3-5,14-17H2,1-2H3. The molecule has 186 valence electrons. The highest BCUT2D eigenvalue weighted by atomic mass is 16.5. The van der Waals surface area contributed by atoms with Gasteiger partial charge in [-0.2, -0.15) is 0 Å². The molecule has 9 nitrogen and oxygen atoms in total. The molecule has 1 fully saturated rings. The fraction of sp³-hybridized carbons (Fsp3) is 0.385. The van der Waals surface area contributed by atoms with E-state index in [0.29, 0.717) is 43.4 Å². The van der Waals surface area contributed by atoms with Gasteiger partial charge in [-0.15, -0.1) is 0 Å². The lowest BCUT2D eigenvalue weighted by Gasteiger charge is -2.16. The topological polar surface area (TPSA) is 111 Å². The van der Waals surface area contributed by atoms with Crippen LogP contribution in [-0.4, -0.2) is 62.6 Å². The smallest absolute Gasteiger partial charge is 0.338 e. The summed E-state index contributed by atoms with van der Waals surface area (Å²) in [4.78, 5) is 50.9. The number of nitrogens with one attached hydrogen (secondary N) is 1. The third-order valence-corrected chi connectivity index (χ3v) is 5.39. The van der Waals surface area contributed by atoms with Gasteiger partial charge in [0.1, 0.15) is 5.75 Å². The predicted octanol–water partition coefficient (Wildman–Crippen LogP) is 2.77. The molecule has 2 aromatic rings. The quantitative estimate of drug-likeness (QED) is 0.201. The molecule has 1 saturated heterocycles. The highest BCUT2D eigenvalue weighted by Gasteiger charge is 2.39. The van der Waals surface area contributed by atoms with Crippen LogP contribution in [-0.2, 0) is 19.1 Å². The molecule has 0 aromatic heterocycles. The van der Waals surface area contributed by atoms with Crippen LogP contribution in [0.2, 0.25) is 0 Å². The highest BCUT2D eigenvalue weighted by Crippen LogP contribution is 2.23. The molecular weight excluding hydrogens is 452 g/mol. The third-order valence-electron chi connectivity index (χ3n) is 5.39. The Morgan fingerprint density at radius 2 is 1.66 bits per heavy atom. The number of hydrogen-bond acceptors (Lipinski definition) is 8. The molecule has 2 amide bonds. The van der Waals surface area contributed by atoms with Crippen molar-refractivity contribution in [3.63, 3.8) is 0 Å². The number of carbonyl (C=O) groups is 4. The Morgan fingerprint density at radius 3 is 2.31 bits per heavy atom. The van der Waals surface area contributed by atoms with Crippen molar-refractivity contribution in [2.24, 2.45) is 0 Å². The van der Waals surface area contributed by atoms with Gasteiger partial charge in [0.2, 0.25) is 5.91 Å². The Balaban J connectivity index is 1.52. The minimum absolute atomic E-state index is 0.0743. The summed E-state index contributed by atoms with van der Waals surface area (Å²) in [6.45, 7) is 5.69. The second kappa shape index (κ2) is 12.8. The van der Waals surface area contributed by atoms with Crippen LogP contribution in [0.3, 0.4) is 0 Å². The molecule has 0 aliphatic carbocycles. The zero-order valence-electron chi connectivity index (χ0n) is 20.0. The van der Waals surface area contributed by atoms with E-state index in [9.17, 15) is 19.2 Å². The van der Waals surface area contributed by atoms with Crippen LogP contribution in [0.4, 0.5) is 5.69 Å². The molecule has 0 radical (unpaired) electrons. The highest BCUT2D eigenvalue weighted by molar-refractivity contribution is 6.22. The Labute approximate surface area is 204 Å². The molecule has 1 heterocycles. The van der Waals surface area contributed by atoms with Crippen LogP contribution in [0.1, 0.15) is 47.4 Å². The molecule has 1 atom stereocenters. The number of ether oxygens (including phenoxy) is 3. The normalized spacial score (nSPS) is 15.4. The van der Waals surface area contributed by atoms with Gasteiger partial charge < -0.3 is 19.5 Å². The van der Waals surface area contributed by atoms with Crippen LogP contribution in [0.15, 0.2) is 48.5 Å². The van der Waals surface area contributed by atoms with Gasteiger partial charge in [-0.25, -0.2) is 9.69 Å². The number of benzene rings is 2. The second-order valence-corrected chi connectivity index (χ2v) is 7.83. The van der Waals surface area contributed by atoms with Crippen molar-refractivity contribution in [3.05, 3.63) is 59.7 Å². The molecule has 1 N–H and O–H groups in total. The third kappa shape index (κ3) is 6.97. The largest absolute Gasteiger partial charge is 0.494 e. The first-order chi connectivity index (χ1) is 16.9. The summed E-state index contributed by atoms with van der Waals surface area (Å²) in [6, 6.07) is 11.9. The first kappa shape index (κ1) is 26.1. The van der Waals surface area contributed by atoms with Gasteiger partial charge >= 0.3 is 5.97 Å². The predicted molar refractivity (Wildman–Crippen MR) is 129 cm³/mol. The van der Waals surface area contributed by atoms with Gasteiger partial charge in [-0.3, -0.25) is 14.4 Å². The number of imide groups is 1. The van der Waals surface area contributed by atoms with Crippen molar-refractivity contribution in [1.29, 1.82) is 0 Å². The molecule has 3 rings (SSSR count). The van der Waals surface area contributed by atoms with Gasteiger partial charge in [0.25, 0.3) is 5.91 Å². The zero-order chi connectivity index (χ0) is 25.2. The molecular formula is C26H30N2O7. The fourth-order valence-corrected chi connectivity index (χ4v) is 3.61. The fourth-order valence-electron chi connectivity index (χ4n) is 3.61. The van der Waals surface area contributed by atoms with E-state index in [1.54, 1.807) is 24.3 Å².